The minimum absolute atomic E-state index is 0.122. The first-order chi connectivity index (χ1) is 3.27. The molecule has 7 heavy (non-hydrogen) atoms. The van der Waals surface area contributed by atoms with Gasteiger partial charge in [0.15, 0.2) is 0 Å². The summed E-state index contributed by atoms with van der Waals surface area (Å²) in [5, 5.41) is 9.48. The van der Waals surface area contributed by atoms with Gasteiger partial charge in [-0.2, -0.15) is 0 Å². The second-order valence-corrected chi connectivity index (χ2v) is 0.987. The highest BCUT2D eigenvalue weighted by atomic mass is 16.6. The topological polar surface area (TPSA) is 43.1 Å². The van der Waals surface area contributed by atoms with E-state index in [2.05, 4.69) is 6.92 Å². The number of nitrogens with zero attached hydrogens (tertiary/aromatic N) is 1. The van der Waals surface area contributed by atoms with Crippen molar-refractivity contribution in [3.8, 4) is 0 Å². The lowest BCUT2D eigenvalue weighted by Gasteiger charge is -1.78. The minimum atomic E-state index is -0.415. The van der Waals surface area contributed by atoms with Crippen LogP contribution in [0.4, 0.5) is 0 Å². The fraction of sp³-hybridized carbons (Fsp3) is 0.250. The molecule has 39 valence electrons. The lowest BCUT2D eigenvalue weighted by atomic mass is 10.5. The van der Waals surface area contributed by atoms with Crippen LogP contribution in [0.5, 0.6) is 0 Å². The highest BCUT2D eigenvalue weighted by Gasteiger charge is 1.83. The average Bonchev–Trinajstić information content (AvgIpc) is 1.61. The van der Waals surface area contributed by atoms with Gasteiger partial charge in [-0.05, 0) is 13.0 Å². The maximum absolute atomic E-state index is 9.48. The molecule has 0 amide bonds. The van der Waals surface area contributed by atoms with Crippen molar-refractivity contribution in [1.82, 2.24) is 0 Å². The Morgan fingerprint density at radius 3 is 2.57 bits per heavy atom. The van der Waals surface area contributed by atoms with Crippen LogP contribution in [-0.4, -0.2) is 11.5 Å². The van der Waals surface area contributed by atoms with Gasteiger partial charge in [0.25, 0.3) is 0 Å². The molecule has 0 heterocycles. The number of allylic oxidation sites excluding steroid dienone is 1. The molecule has 0 bridgehead atoms. The second kappa shape index (κ2) is 3.33. The van der Waals surface area contributed by atoms with Crippen LogP contribution in [0, 0.1) is 17.0 Å². The quantitative estimate of drug-likeness (QED) is 0.377. The second-order valence-electron chi connectivity index (χ2n) is 0.987. The van der Waals surface area contributed by atoms with Gasteiger partial charge in [0.2, 0.25) is 6.54 Å². The Kier molecular flexibility index (Phi) is 2.92. The lowest BCUT2D eigenvalue weighted by molar-refractivity contribution is -0.468. The molecule has 0 unspecified atom stereocenters. The molecule has 0 aliphatic heterocycles. The summed E-state index contributed by atoms with van der Waals surface area (Å²) in [7, 11) is 0. The molecule has 0 aromatic rings. The predicted molar refractivity (Wildman–Crippen MR) is 26.4 cm³/mol. The summed E-state index contributed by atoms with van der Waals surface area (Å²) in [6.07, 6.45) is 2.79. The molecule has 3 nitrogen and oxygen atoms in total. The van der Waals surface area contributed by atoms with E-state index in [4.69, 9.17) is 0 Å². The van der Waals surface area contributed by atoms with E-state index < -0.39 is 4.92 Å². The van der Waals surface area contributed by atoms with Gasteiger partial charge in [-0.15, -0.1) is 0 Å². The van der Waals surface area contributed by atoms with Crippen LogP contribution >= 0.6 is 0 Å². The molecular weight excluding hydrogens is 94.0 g/mol. The number of rotatable bonds is 2. The molecule has 0 aliphatic carbocycles. The Bertz CT molecular complexity index is 87.7. The molecule has 0 rings (SSSR count). The minimum Gasteiger partial charge on any atom is -0.264 e. The maximum Gasteiger partial charge on any atom is 0.222 e. The zero-order chi connectivity index (χ0) is 5.70. The molecule has 0 atom stereocenters. The first-order valence-electron chi connectivity index (χ1n) is 1.83. The van der Waals surface area contributed by atoms with E-state index in [-0.39, 0.29) is 6.54 Å². The van der Waals surface area contributed by atoms with Gasteiger partial charge < -0.3 is 0 Å². The number of hydrogen-bond acceptors (Lipinski definition) is 2. The van der Waals surface area contributed by atoms with Crippen LogP contribution in [0.3, 0.4) is 0 Å². The van der Waals surface area contributed by atoms with E-state index in [0.29, 0.717) is 0 Å². The van der Waals surface area contributed by atoms with Gasteiger partial charge in [0.05, 0.1) is 0 Å². The summed E-state index contributed by atoms with van der Waals surface area (Å²) in [5.74, 6) is 0. The molecule has 0 aromatic carbocycles. The third-order valence-electron chi connectivity index (χ3n) is 0.421. The predicted octanol–water partition coefficient (Wildman–Crippen LogP) is 0.653. The SMILES string of the molecule is [CH2]C=CC[N+](=O)[O-]. The van der Waals surface area contributed by atoms with E-state index >= 15 is 0 Å². The van der Waals surface area contributed by atoms with E-state index in [1.165, 1.54) is 12.2 Å². The maximum atomic E-state index is 9.48. The smallest absolute Gasteiger partial charge is 0.222 e. The van der Waals surface area contributed by atoms with Crippen LogP contribution in [0.25, 0.3) is 0 Å². The largest absolute Gasteiger partial charge is 0.264 e. The van der Waals surface area contributed by atoms with Crippen LogP contribution in [-0.2, 0) is 0 Å². The molecule has 0 fully saturated rings. The summed E-state index contributed by atoms with van der Waals surface area (Å²) in [6.45, 7) is 3.15. The van der Waals surface area contributed by atoms with Crippen molar-refractivity contribution in [2.75, 3.05) is 6.54 Å². The Labute approximate surface area is 41.8 Å². The average molecular weight is 100 g/mol. The van der Waals surface area contributed by atoms with Crippen molar-refractivity contribution < 1.29 is 4.92 Å². The lowest BCUT2D eigenvalue weighted by Crippen LogP contribution is -1.94. The third kappa shape index (κ3) is 5.14. The Morgan fingerprint density at radius 2 is 2.43 bits per heavy atom. The molecule has 0 saturated carbocycles. The monoisotopic (exact) mass is 100 g/mol. The molecule has 0 aliphatic rings. The van der Waals surface area contributed by atoms with E-state index in [0.717, 1.165) is 0 Å². The molecule has 0 aromatic heterocycles. The normalized spacial score (nSPS) is 9.86. The Balaban J connectivity index is 3.14. The van der Waals surface area contributed by atoms with Crippen LogP contribution < -0.4 is 0 Å². The number of hydrogen-bond donors (Lipinski definition) is 0. The molecule has 0 spiro atoms. The van der Waals surface area contributed by atoms with Crippen molar-refractivity contribution >= 4 is 0 Å². The zero-order valence-corrected chi connectivity index (χ0v) is 3.83. The molecule has 0 N–H and O–H groups in total. The highest BCUT2D eigenvalue weighted by Crippen LogP contribution is 1.70. The van der Waals surface area contributed by atoms with Crippen molar-refractivity contribution in [3.63, 3.8) is 0 Å². The Morgan fingerprint density at radius 1 is 1.86 bits per heavy atom. The molecule has 0 saturated heterocycles. The fourth-order valence-electron chi connectivity index (χ4n) is 0.161. The van der Waals surface area contributed by atoms with Gasteiger partial charge in [-0.1, -0.05) is 6.08 Å². The Hall–Kier alpha value is -0.860. The summed E-state index contributed by atoms with van der Waals surface area (Å²) < 4.78 is 0. The van der Waals surface area contributed by atoms with Gasteiger partial charge in [-0.25, -0.2) is 0 Å². The summed E-state index contributed by atoms with van der Waals surface area (Å²) in [5.41, 5.74) is 0. The zero-order valence-electron chi connectivity index (χ0n) is 3.83. The third-order valence-corrected chi connectivity index (χ3v) is 0.421. The van der Waals surface area contributed by atoms with Gasteiger partial charge in [-0.3, -0.25) is 10.1 Å². The molecular formula is C4H6NO2. The van der Waals surface area contributed by atoms with Crippen molar-refractivity contribution in [2.45, 2.75) is 0 Å². The van der Waals surface area contributed by atoms with E-state index in [1.54, 1.807) is 0 Å². The van der Waals surface area contributed by atoms with Gasteiger partial charge in [0.1, 0.15) is 0 Å². The van der Waals surface area contributed by atoms with Crippen molar-refractivity contribution in [2.24, 2.45) is 0 Å². The van der Waals surface area contributed by atoms with Gasteiger partial charge >= 0.3 is 0 Å². The van der Waals surface area contributed by atoms with Crippen LogP contribution in [0.2, 0.25) is 0 Å². The van der Waals surface area contributed by atoms with Crippen molar-refractivity contribution in [1.29, 1.82) is 0 Å². The van der Waals surface area contributed by atoms with Crippen LogP contribution in [0.1, 0.15) is 0 Å². The highest BCUT2D eigenvalue weighted by molar-refractivity contribution is 4.82. The van der Waals surface area contributed by atoms with E-state index in [9.17, 15) is 10.1 Å². The first kappa shape index (κ1) is 6.14. The first-order valence-corrected chi connectivity index (χ1v) is 1.83. The molecule has 3 heteroatoms. The standard InChI is InChI=1S/C4H6NO2/c1-2-3-4-5(6)7/h2-3H,1,4H2. The molecule has 1 radical (unpaired) electrons. The summed E-state index contributed by atoms with van der Waals surface area (Å²) >= 11 is 0. The van der Waals surface area contributed by atoms with Gasteiger partial charge in [0, 0.05) is 4.92 Å². The van der Waals surface area contributed by atoms with Crippen molar-refractivity contribution in [3.05, 3.63) is 29.2 Å². The number of nitro groups is 1. The fourth-order valence-corrected chi connectivity index (χ4v) is 0.161. The van der Waals surface area contributed by atoms with Crippen LogP contribution in [0.15, 0.2) is 12.2 Å². The summed E-state index contributed by atoms with van der Waals surface area (Å²) in [4.78, 5) is 9.07. The van der Waals surface area contributed by atoms with E-state index in [1.807, 2.05) is 0 Å². The summed E-state index contributed by atoms with van der Waals surface area (Å²) in [6, 6.07) is 0.